The van der Waals surface area contributed by atoms with Gasteiger partial charge in [0.2, 0.25) is 5.91 Å². The van der Waals surface area contributed by atoms with Crippen molar-refractivity contribution in [3.63, 3.8) is 0 Å². The molecule has 0 bridgehead atoms. The van der Waals surface area contributed by atoms with Gasteiger partial charge in [0.15, 0.2) is 5.65 Å². The molecule has 1 aliphatic carbocycles. The first-order valence-corrected chi connectivity index (χ1v) is 11.1. The highest BCUT2D eigenvalue weighted by molar-refractivity contribution is 5.96. The maximum atomic E-state index is 12.8. The fourth-order valence-electron chi connectivity index (χ4n) is 4.53. The highest BCUT2D eigenvalue weighted by Gasteiger charge is 2.22. The number of nitrogens with zero attached hydrogens (tertiary/aromatic N) is 2. The Morgan fingerprint density at radius 3 is 2.32 bits per heavy atom. The average Bonchev–Trinajstić information content (AvgIpc) is 3.24. The van der Waals surface area contributed by atoms with E-state index < -0.39 is 0 Å². The summed E-state index contributed by atoms with van der Waals surface area (Å²) in [5.74, 6) is 0.248. The lowest BCUT2D eigenvalue weighted by molar-refractivity contribution is -0.120. The van der Waals surface area contributed by atoms with Gasteiger partial charge in [0.1, 0.15) is 0 Å². The summed E-state index contributed by atoms with van der Waals surface area (Å²) < 4.78 is 2.02. The van der Waals surface area contributed by atoms with E-state index in [2.05, 4.69) is 60.0 Å². The molecule has 2 aromatic carbocycles. The number of anilines is 1. The van der Waals surface area contributed by atoms with Crippen LogP contribution in [0.4, 0.5) is 5.69 Å². The van der Waals surface area contributed by atoms with Gasteiger partial charge < -0.3 is 9.72 Å². The van der Waals surface area contributed by atoms with Crippen LogP contribution in [0.2, 0.25) is 0 Å². The summed E-state index contributed by atoms with van der Waals surface area (Å²) in [4.78, 5) is 17.7. The molecule has 0 aliphatic heterocycles. The van der Waals surface area contributed by atoms with Gasteiger partial charge in [-0.3, -0.25) is 4.79 Å². The molecule has 1 fully saturated rings. The molecule has 4 nitrogen and oxygen atoms in total. The molecule has 156 valence electrons. The lowest BCUT2D eigenvalue weighted by atomic mass is 9.88. The zero-order chi connectivity index (χ0) is 21.2. The smallest absolute Gasteiger partial charge is 0.227 e. The molecule has 1 saturated carbocycles. The maximum Gasteiger partial charge on any atom is 0.227 e. The third-order valence-corrected chi connectivity index (χ3v) is 6.21. The van der Waals surface area contributed by atoms with Gasteiger partial charge in [-0.1, -0.05) is 73.9 Å². The first kappa shape index (κ1) is 19.6. The van der Waals surface area contributed by atoms with Crippen LogP contribution in [-0.2, 0) is 4.79 Å². The Balaban J connectivity index is 1.44. The summed E-state index contributed by atoms with van der Waals surface area (Å²) in [7, 11) is 0. The lowest BCUT2D eigenvalue weighted by Crippen LogP contribution is -2.25. The Labute approximate surface area is 183 Å². The fraction of sp³-hybridized carbons (Fsp3) is 0.259. The van der Waals surface area contributed by atoms with Gasteiger partial charge in [0, 0.05) is 23.9 Å². The third kappa shape index (κ3) is 4.11. The van der Waals surface area contributed by atoms with Crippen LogP contribution in [0, 0.1) is 12.8 Å². The minimum Gasteiger partial charge on any atom is -0.323 e. The van der Waals surface area contributed by atoms with E-state index >= 15 is 0 Å². The molecule has 0 spiro atoms. The molecular weight excluding hydrogens is 382 g/mol. The van der Waals surface area contributed by atoms with Crippen LogP contribution in [0.5, 0.6) is 0 Å². The topological polar surface area (TPSA) is 46.4 Å². The third-order valence-electron chi connectivity index (χ3n) is 6.21. The number of nitrogens with one attached hydrogen (secondary N) is 1. The summed E-state index contributed by atoms with van der Waals surface area (Å²) >= 11 is 0. The van der Waals surface area contributed by atoms with E-state index in [9.17, 15) is 4.79 Å². The summed E-state index contributed by atoms with van der Waals surface area (Å²) in [6, 6.07) is 20.9. The Morgan fingerprint density at radius 2 is 1.58 bits per heavy atom. The molecule has 1 amide bonds. The van der Waals surface area contributed by atoms with Crippen molar-refractivity contribution < 1.29 is 4.79 Å². The first-order valence-electron chi connectivity index (χ1n) is 11.1. The van der Waals surface area contributed by atoms with Crippen molar-refractivity contribution in [3.05, 3.63) is 78.6 Å². The number of rotatable bonds is 4. The highest BCUT2D eigenvalue weighted by atomic mass is 16.1. The van der Waals surface area contributed by atoms with Crippen molar-refractivity contribution in [1.82, 2.24) is 9.38 Å². The molecule has 4 aromatic rings. The van der Waals surface area contributed by atoms with Gasteiger partial charge in [-0.25, -0.2) is 4.98 Å². The van der Waals surface area contributed by atoms with Crippen molar-refractivity contribution in [2.75, 3.05) is 5.32 Å². The number of hydrogen-bond acceptors (Lipinski definition) is 2. The van der Waals surface area contributed by atoms with E-state index in [0.29, 0.717) is 0 Å². The number of hydrogen-bond donors (Lipinski definition) is 1. The summed E-state index contributed by atoms with van der Waals surface area (Å²) in [5, 5.41) is 3.17. The van der Waals surface area contributed by atoms with E-state index in [-0.39, 0.29) is 11.8 Å². The second-order valence-electron chi connectivity index (χ2n) is 8.56. The van der Waals surface area contributed by atoms with Crippen LogP contribution < -0.4 is 5.32 Å². The summed E-state index contributed by atoms with van der Waals surface area (Å²) in [6.07, 6.45) is 9.60. The minimum absolute atomic E-state index is 0.120. The molecule has 0 unspecified atom stereocenters. The fourth-order valence-corrected chi connectivity index (χ4v) is 4.53. The molecule has 4 heteroatoms. The number of aryl methyl sites for hydroxylation is 1. The Hall–Kier alpha value is -3.40. The van der Waals surface area contributed by atoms with E-state index in [1.54, 1.807) is 0 Å². The van der Waals surface area contributed by atoms with E-state index in [0.717, 1.165) is 53.8 Å². The van der Waals surface area contributed by atoms with Gasteiger partial charge in [-0.2, -0.15) is 0 Å². The molecule has 0 radical (unpaired) electrons. The number of benzene rings is 2. The summed E-state index contributed by atoms with van der Waals surface area (Å²) in [5.41, 5.74) is 7.02. The number of amides is 1. The second kappa shape index (κ2) is 8.38. The maximum absolute atomic E-state index is 12.8. The predicted molar refractivity (Wildman–Crippen MR) is 126 cm³/mol. The van der Waals surface area contributed by atoms with Gasteiger partial charge in [0.05, 0.1) is 11.4 Å². The van der Waals surface area contributed by atoms with Crippen LogP contribution in [0.15, 0.2) is 73.1 Å². The molecule has 2 heterocycles. The molecule has 0 saturated heterocycles. The van der Waals surface area contributed by atoms with Gasteiger partial charge in [-0.05, 0) is 42.5 Å². The van der Waals surface area contributed by atoms with Crippen LogP contribution in [0.3, 0.4) is 0 Å². The molecule has 31 heavy (non-hydrogen) atoms. The van der Waals surface area contributed by atoms with Gasteiger partial charge in [-0.15, -0.1) is 0 Å². The lowest BCUT2D eigenvalue weighted by Gasteiger charge is -2.21. The predicted octanol–water partition coefficient (Wildman–Crippen LogP) is 6.50. The quantitative estimate of drug-likeness (QED) is 0.418. The monoisotopic (exact) mass is 409 g/mol. The summed E-state index contributed by atoms with van der Waals surface area (Å²) in [6.45, 7) is 2.05. The Bertz CT molecular complexity index is 1200. The van der Waals surface area contributed by atoms with E-state index in [4.69, 9.17) is 4.98 Å². The number of carbonyl (C=O) groups excluding carboxylic acids is 1. The van der Waals surface area contributed by atoms with Crippen molar-refractivity contribution >= 4 is 17.2 Å². The number of carbonyl (C=O) groups is 1. The zero-order valence-corrected chi connectivity index (χ0v) is 17.8. The van der Waals surface area contributed by atoms with Crippen molar-refractivity contribution in [1.29, 1.82) is 0 Å². The number of pyridine rings is 1. The highest BCUT2D eigenvalue weighted by Crippen LogP contribution is 2.29. The number of imidazole rings is 1. The first-order chi connectivity index (χ1) is 15.2. The molecular formula is C27H27N3O. The molecule has 1 aliphatic rings. The van der Waals surface area contributed by atoms with Gasteiger partial charge in [0.25, 0.3) is 0 Å². The average molecular weight is 410 g/mol. The van der Waals surface area contributed by atoms with Crippen LogP contribution in [0.25, 0.3) is 28.0 Å². The standard InChI is InChI=1S/C27H27N3O/c1-19-16-24(29-27(31)23-10-6-3-7-11-23)26-28-25(18-30(26)17-19)22-14-12-21(13-15-22)20-8-4-2-5-9-20/h2,4-5,8-9,12-18,23H,3,6-7,10-11H2,1H3,(H,29,31). The van der Waals surface area contributed by atoms with Crippen molar-refractivity contribution in [2.45, 2.75) is 39.0 Å². The molecule has 5 rings (SSSR count). The molecule has 1 N–H and O–H groups in total. The largest absolute Gasteiger partial charge is 0.323 e. The minimum atomic E-state index is 0.120. The Kier molecular flexibility index (Phi) is 5.29. The van der Waals surface area contributed by atoms with E-state index in [1.807, 2.05) is 29.7 Å². The number of aromatic nitrogens is 2. The molecule has 0 atom stereocenters. The van der Waals surface area contributed by atoms with Crippen molar-refractivity contribution in [3.8, 4) is 22.4 Å². The van der Waals surface area contributed by atoms with Crippen LogP contribution in [-0.4, -0.2) is 15.3 Å². The van der Waals surface area contributed by atoms with Crippen LogP contribution in [0.1, 0.15) is 37.7 Å². The van der Waals surface area contributed by atoms with E-state index in [1.165, 1.54) is 17.5 Å². The number of fused-ring (bicyclic) bond motifs is 1. The van der Waals surface area contributed by atoms with Gasteiger partial charge >= 0.3 is 0 Å². The normalized spacial score (nSPS) is 14.6. The second-order valence-corrected chi connectivity index (χ2v) is 8.56. The Morgan fingerprint density at radius 1 is 0.903 bits per heavy atom. The SMILES string of the molecule is Cc1cc(NC(=O)C2CCCCC2)c2nc(-c3ccc(-c4ccccc4)cc3)cn2c1. The zero-order valence-electron chi connectivity index (χ0n) is 17.8. The molecule has 2 aromatic heterocycles. The van der Waals surface area contributed by atoms with Crippen molar-refractivity contribution in [2.24, 2.45) is 5.92 Å². The van der Waals surface area contributed by atoms with Crippen LogP contribution >= 0.6 is 0 Å².